The van der Waals surface area contributed by atoms with Crippen molar-refractivity contribution in [1.29, 1.82) is 0 Å². The number of pyridine rings is 1. The van der Waals surface area contributed by atoms with Crippen LogP contribution < -0.4 is 5.56 Å². The molecule has 0 saturated carbocycles. The largest absolute Gasteiger partial charge is 0.465 e. The quantitative estimate of drug-likeness (QED) is 0.793. The number of halogens is 1. The van der Waals surface area contributed by atoms with Gasteiger partial charge in [0.05, 0.1) is 7.11 Å². The van der Waals surface area contributed by atoms with Gasteiger partial charge in [-0.25, -0.2) is 9.18 Å². The highest BCUT2D eigenvalue weighted by molar-refractivity contribution is 5.88. The van der Waals surface area contributed by atoms with Crippen LogP contribution in [-0.2, 0) is 4.74 Å². The van der Waals surface area contributed by atoms with E-state index in [0.29, 0.717) is 5.69 Å². The van der Waals surface area contributed by atoms with Crippen LogP contribution in [0.3, 0.4) is 0 Å². The number of aromatic nitrogens is 1. The van der Waals surface area contributed by atoms with Crippen molar-refractivity contribution in [3.63, 3.8) is 0 Å². The summed E-state index contributed by atoms with van der Waals surface area (Å²) >= 11 is 0. The summed E-state index contributed by atoms with van der Waals surface area (Å²) in [4.78, 5) is 23.4. The maximum absolute atomic E-state index is 12.8. The number of nitrogens with zero attached hydrogens (tertiary/aromatic N) is 1. The molecule has 0 N–H and O–H groups in total. The fraction of sp³-hybridized carbons (Fsp3) is 0.200. The van der Waals surface area contributed by atoms with Gasteiger partial charge in [0.1, 0.15) is 11.4 Å². The molecule has 0 aliphatic carbocycles. The van der Waals surface area contributed by atoms with Crippen LogP contribution in [-0.4, -0.2) is 17.6 Å². The minimum Gasteiger partial charge on any atom is -0.465 e. The minimum atomic E-state index is -0.698. The smallest absolute Gasteiger partial charge is 0.343 e. The summed E-state index contributed by atoms with van der Waals surface area (Å²) < 4.78 is 18.6. The molecule has 0 fully saturated rings. The lowest BCUT2D eigenvalue weighted by Crippen LogP contribution is -2.25. The molecule has 0 aliphatic heterocycles. The fourth-order valence-corrected chi connectivity index (χ4v) is 1.56. The Kier molecular flexibility index (Phi) is 5.65. The monoisotopic (exact) mass is 277 g/mol. The van der Waals surface area contributed by atoms with Crippen molar-refractivity contribution in [2.24, 2.45) is 0 Å². The Morgan fingerprint density at radius 1 is 1.15 bits per heavy atom. The molecule has 0 unspecified atom stereocenters. The average Bonchev–Trinajstić information content (AvgIpc) is 2.50. The Morgan fingerprint density at radius 3 is 2.30 bits per heavy atom. The third kappa shape index (κ3) is 3.32. The van der Waals surface area contributed by atoms with Gasteiger partial charge in [-0.15, -0.1) is 0 Å². The first-order chi connectivity index (χ1) is 9.63. The molecule has 0 amide bonds. The van der Waals surface area contributed by atoms with E-state index in [2.05, 4.69) is 4.74 Å². The Bertz CT molecular complexity index is 632. The van der Waals surface area contributed by atoms with Gasteiger partial charge in [0.2, 0.25) is 0 Å². The normalized spacial score (nSPS) is 9.40. The molecule has 0 spiro atoms. The molecule has 0 radical (unpaired) electrons. The molecule has 106 valence electrons. The Balaban J connectivity index is 0.000000956. The number of rotatable bonds is 2. The number of esters is 1. The van der Waals surface area contributed by atoms with Gasteiger partial charge in [-0.05, 0) is 36.4 Å². The van der Waals surface area contributed by atoms with Crippen molar-refractivity contribution < 1.29 is 13.9 Å². The maximum atomic E-state index is 12.8. The number of hydrogen-bond donors (Lipinski definition) is 0. The second kappa shape index (κ2) is 7.23. The summed E-state index contributed by atoms with van der Waals surface area (Å²) in [6.07, 6.45) is 1.50. The number of benzene rings is 1. The highest BCUT2D eigenvalue weighted by Crippen LogP contribution is 2.07. The van der Waals surface area contributed by atoms with E-state index in [9.17, 15) is 14.0 Å². The van der Waals surface area contributed by atoms with Crippen molar-refractivity contribution in [3.05, 3.63) is 64.3 Å². The van der Waals surface area contributed by atoms with E-state index in [-0.39, 0.29) is 5.56 Å². The number of hydrogen-bond acceptors (Lipinski definition) is 3. The van der Waals surface area contributed by atoms with Crippen LogP contribution in [0.1, 0.15) is 24.2 Å². The zero-order valence-electron chi connectivity index (χ0n) is 11.6. The highest BCUT2D eigenvalue weighted by Gasteiger charge is 2.12. The second-order valence-corrected chi connectivity index (χ2v) is 3.57. The van der Waals surface area contributed by atoms with E-state index < -0.39 is 17.3 Å². The molecule has 0 saturated heterocycles. The molecule has 5 heteroatoms. The number of carbonyl (C=O) groups excluding carboxylic acids is 1. The van der Waals surface area contributed by atoms with Crippen LogP contribution >= 0.6 is 0 Å². The van der Waals surface area contributed by atoms with Gasteiger partial charge in [-0.2, -0.15) is 0 Å². The lowest BCUT2D eigenvalue weighted by Gasteiger charge is -2.06. The molecule has 1 aromatic heterocycles. The van der Waals surface area contributed by atoms with Crippen LogP contribution in [0, 0.1) is 5.82 Å². The van der Waals surface area contributed by atoms with E-state index in [1.165, 1.54) is 48.2 Å². The zero-order chi connectivity index (χ0) is 15.1. The van der Waals surface area contributed by atoms with Gasteiger partial charge in [0.25, 0.3) is 5.56 Å². The number of methoxy groups -OCH3 is 1. The van der Waals surface area contributed by atoms with Crippen LogP contribution in [0.15, 0.2) is 47.4 Å². The molecule has 20 heavy (non-hydrogen) atoms. The van der Waals surface area contributed by atoms with E-state index in [0.717, 1.165) is 0 Å². The molecular formula is C15H16FNO3. The molecule has 0 aliphatic rings. The summed E-state index contributed by atoms with van der Waals surface area (Å²) in [5, 5.41) is 0. The topological polar surface area (TPSA) is 48.3 Å². The van der Waals surface area contributed by atoms with Crippen LogP contribution in [0.4, 0.5) is 4.39 Å². The van der Waals surface area contributed by atoms with Gasteiger partial charge in [-0.1, -0.05) is 13.8 Å². The van der Waals surface area contributed by atoms with Crippen molar-refractivity contribution >= 4 is 5.97 Å². The third-order valence-electron chi connectivity index (χ3n) is 2.46. The van der Waals surface area contributed by atoms with Crippen LogP contribution in [0.2, 0.25) is 0 Å². The predicted molar refractivity (Wildman–Crippen MR) is 74.7 cm³/mol. The lowest BCUT2D eigenvalue weighted by atomic mass is 10.2. The zero-order valence-corrected chi connectivity index (χ0v) is 11.6. The first-order valence-corrected chi connectivity index (χ1v) is 6.19. The highest BCUT2D eigenvalue weighted by atomic mass is 19.1. The van der Waals surface area contributed by atoms with Crippen LogP contribution in [0.25, 0.3) is 5.69 Å². The van der Waals surface area contributed by atoms with E-state index in [1.807, 2.05) is 13.8 Å². The van der Waals surface area contributed by atoms with Gasteiger partial charge >= 0.3 is 5.97 Å². The third-order valence-corrected chi connectivity index (χ3v) is 2.46. The number of ether oxygens (including phenoxy) is 1. The standard InChI is InChI=1S/C13H10FNO3.C2H6/c1-18-13(17)11-3-2-8-15(12(11)16)10-6-4-9(14)5-7-10;1-2/h2-8H,1H3;1-2H3. The first-order valence-electron chi connectivity index (χ1n) is 6.19. The predicted octanol–water partition coefficient (Wildman–Crippen LogP) is 2.79. The first kappa shape index (κ1) is 15.6. The lowest BCUT2D eigenvalue weighted by molar-refractivity contribution is 0.0598. The Labute approximate surface area is 116 Å². The Hall–Kier alpha value is -2.43. The van der Waals surface area contributed by atoms with Gasteiger partial charge in [0, 0.05) is 11.9 Å². The summed E-state index contributed by atoms with van der Waals surface area (Å²) in [5.41, 5.74) is -0.0903. The molecule has 0 atom stereocenters. The van der Waals surface area contributed by atoms with Crippen molar-refractivity contribution in [1.82, 2.24) is 4.57 Å². The van der Waals surface area contributed by atoms with E-state index in [4.69, 9.17) is 0 Å². The molecule has 1 heterocycles. The van der Waals surface area contributed by atoms with Crippen molar-refractivity contribution in [2.45, 2.75) is 13.8 Å². The molecular weight excluding hydrogens is 261 g/mol. The van der Waals surface area contributed by atoms with E-state index in [1.54, 1.807) is 6.07 Å². The molecule has 0 bridgehead atoms. The van der Waals surface area contributed by atoms with Gasteiger partial charge in [0.15, 0.2) is 0 Å². The van der Waals surface area contributed by atoms with Crippen molar-refractivity contribution in [3.8, 4) is 5.69 Å². The van der Waals surface area contributed by atoms with Gasteiger partial charge in [-0.3, -0.25) is 9.36 Å². The second-order valence-electron chi connectivity index (χ2n) is 3.57. The molecule has 1 aromatic carbocycles. The summed E-state index contributed by atoms with van der Waals surface area (Å²) in [7, 11) is 1.21. The number of carbonyl (C=O) groups is 1. The molecule has 2 rings (SSSR count). The minimum absolute atomic E-state index is 0.0654. The SMILES string of the molecule is CC.COC(=O)c1cccn(-c2ccc(F)cc2)c1=O. The summed E-state index contributed by atoms with van der Waals surface area (Å²) in [6.45, 7) is 4.00. The summed E-state index contributed by atoms with van der Waals surface area (Å²) in [5.74, 6) is -1.09. The van der Waals surface area contributed by atoms with Crippen molar-refractivity contribution in [2.75, 3.05) is 7.11 Å². The Morgan fingerprint density at radius 2 is 1.75 bits per heavy atom. The van der Waals surface area contributed by atoms with Crippen LogP contribution in [0.5, 0.6) is 0 Å². The maximum Gasteiger partial charge on any atom is 0.343 e. The average molecular weight is 277 g/mol. The van der Waals surface area contributed by atoms with Gasteiger partial charge < -0.3 is 4.74 Å². The molecule has 4 nitrogen and oxygen atoms in total. The molecule has 2 aromatic rings. The fourth-order valence-electron chi connectivity index (χ4n) is 1.56. The van der Waals surface area contributed by atoms with E-state index >= 15 is 0 Å². The summed E-state index contributed by atoms with van der Waals surface area (Å²) in [6, 6.07) is 8.33.